The van der Waals surface area contributed by atoms with E-state index < -0.39 is 0 Å². The van der Waals surface area contributed by atoms with Gasteiger partial charge in [0.05, 0.1) is 10.2 Å². The van der Waals surface area contributed by atoms with Crippen molar-refractivity contribution < 1.29 is 4.42 Å². The first kappa shape index (κ1) is 23.7. The summed E-state index contributed by atoms with van der Waals surface area (Å²) < 4.78 is 7.47. The number of fused-ring (bicyclic) bond motifs is 3. The quantitative estimate of drug-likeness (QED) is 0.233. The first-order valence-electron chi connectivity index (χ1n) is 12.1. The molecule has 35 heavy (non-hydrogen) atoms. The van der Waals surface area contributed by atoms with E-state index in [4.69, 9.17) is 4.42 Å². The van der Waals surface area contributed by atoms with E-state index in [9.17, 15) is 0 Å². The highest BCUT2D eigenvalue weighted by atomic mass is 79.9. The molecule has 5 aromatic rings. The predicted molar refractivity (Wildman–Crippen MR) is 154 cm³/mol. The molecule has 4 aromatic carbocycles. The van der Waals surface area contributed by atoms with Crippen LogP contribution in [0, 0.1) is 0 Å². The van der Waals surface area contributed by atoms with Crippen LogP contribution in [0.2, 0.25) is 0 Å². The van der Waals surface area contributed by atoms with E-state index in [0.717, 1.165) is 43.5 Å². The number of furan rings is 1. The van der Waals surface area contributed by atoms with Gasteiger partial charge in [0.25, 0.3) is 0 Å². The molecule has 178 valence electrons. The molecule has 0 bridgehead atoms. The summed E-state index contributed by atoms with van der Waals surface area (Å²) in [6.45, 7) is 13.5. The highest BCUT2D eigenvalue weighted by molar-refractivity contribution is 9.10. The number of hydrogen-bond acceptors (Lipinski definition) is 2. The second-order valence-corrected chi connectivity index (χ2v) is 12.2. The Morgan fingerprint density at radius 1 is 0.571 bits per heavy atom. The van der Waals surface area contributed by atoms with E-state index in [1.807, 2.05) is 6.07 Å². The first-order valence-corrected chi connectivity index (χ1v) is 12.9. The number of nitrogens with zero attached hydrogens (tertiary/aromatic N) is 1. The summed E-state index contributed by atoms with van der Waals surface area (Å²) in [7, 11) is 0. The minimum atomic E-state index is 0.0999. The number of benzene rings is 4. The lowest BCUT2D eigenvalue weighted by Crippen LogP contribution is -2.14. The van der Waals surface area contributed by atoms with E-state index >= 15 is 0 Å². The van der Waals surface area contributed by atoms with Crippen LogP contribution in [-0.2, 0) is 10.8 Å². The van der Waals surface area contributed by atoms with Crippen LogP contribution in [0.25, 0.3) is 21.9 Å². The maximum absolute atomic E-state index is 6.51. The second kappa shape index (κ2) is 8.57. The summed E-state index contributed by atoms with van der Waals surface area (Å²) in [5.41, 5.74) is 7.83. The molecule has 0 amide bonds. The minimum absolute atomic E-state index is 0.0999. The molecular weight excluding hydrogens is 494 g/mol. The molecule has 0 aliphatic heterocycles. The topological polar surface area (TPSA) is 16.4 Å². The summed E-state index contributed by atoms with van der Waals surface area (Å²) in [5, 5.41) is 2.23. The van der Waals surface area contributed by atoms with Crippen molar-refractivity contribution in [2.45, 2.75) is 52.4 Å². The van der Waals surface area contributed by atoms with Gasteiger partial charge in [0.1, 0.15) is 5.58 Å². The van der Waals surface area contributed by atoms with Crippen LogP contribution in [0.4, 0.5) is 17.1 Å². The fourth-order valence-electron chi connectivity index (χ4n) is 4.60. The van der Waals surface area contributed by atoms with Gasteiger partial charge < -0.3 is 9.32 Å². The molecule has 0 atom stereocenters. The molecule has 0 N–H and O–H groups in total. The molecule has 0 radical (unpaired) electrons. The van der Waals surface area contributed by atoms with Crippen LogP contribution in [0.15, 0.2) is 93.8 Å². The molecule has 0 spiro atoms. The van der Waals surface area contributed by atoms with Crippen LogP contribution < -0.4 is 4.90 Å². The summed E-state index contributed by atoms with van der Waals surface area (Å²) in [6.07, 6.45) is 0. The van der Waals surface area contributed by atoms with Crippen LogP contribution in [0.1, 0.15) is 52.7 Å². The van der Waals surface area contributed by atoms with Gasteiger partial charge in [0.2, 0.25) is 0 Å². The summed E-state index contributed by atoms with van der Waals surface area (Å²) >= 11 is 3.67. The fraction of sp³-hybridized carbons (Fsp3) is 0.250. The zero-order valence-electron chi connectivity index (χ0n) is 21.3. The molecule has 1 heterocycles. The van der Waals surface area contributed by atoms with Crippen LogP contribution >= 0.6 is 15.9 Å². The SMILES string of the molecule is CC(C)(C)c1ccc(N(c2ccc(C(C)(C)C)cc2)c2cccc3c2oc2c(Br)cccc23)cc1. The van der Waals surface area contributed by atoms with Crippen molar-refractivity contribution in [2.75, 3.05) is 4.90 Å². The van der Waals surface area contributed by atoms with Gasteiger partial charge >= 0.3 is 0 Å². The van der Waals surface area contributed by atoms with Gasteiger partial charge in [-0.1, -0.05) is 90.1 Å². The molecule has 0 saturated heterocycles. The summed E-state index contributed by atoms with van der Waals surface area (Å²) in [6, 6.07) is 30.4. The highest BCUT2D eigenvalue weighted by Crippen LogP contribution is 2.43. The molecule has 0 aliphatic carbocycles. The predicted octanol–water partition coefficient (Wildman–Crippen LogP) is 10.4. The Morgan fingerprint density at radius 2 is 1.03 bits per heavy atom. The van der Waals surface area contributed by atoms with Crippen molar-refractivity contribution in [1.82, 2.24) is 0 Å². The number of rotatable bonds is 3. The van der Waals surface area contributed by atoms with Crippen LogP contribution in [0.3, 0.4) is 0 Å². The van der Waals surface area contributed by atoms with Gasteiger partial charge in [0.15, 0.2) is 5.58 Å². The smallest absolute Gasteiger partial charge is 0.159 e. The fourth-order valence-corrected chi connectivity index (χ4v) is 5.04. The Morgan fingerprint density at radius 3 is 1.51 bits per heavy atom. The van der Waals surface area contributed by atoms with E-state index in [1.165, 1.54) is 11.1 Å². The highest BCUT2D eigenvalue weighted by Gasteiger charge is 2.22. The van der Waals surface area contributed by atoms with E-state index in [-0.39, 0.29) is 10.8 Å². The van der Waals surface area contributed by atoms with Gasteiger partial charge in [-0.3, -0.25) is 0 Å². The lowest BCUT2D eigenvalue weighted by Gasteiger charge is -2.28. The van der Waals surface area contributed by atoms with Crippen molar-refractivity contribution in [3.05, 3.63) is 101 Å². The Labute approximate surface area is 216 Å². The lowest BCUT2D eigenvalue weighted by molar-refractivity contribution is 0.590. The zero-order valence-corrected chi connectivity index (χ0v) is 22.9. The molecular formula is C32H32BrNO. The van der Waals surface area contributed by atoms with Gasteiger partial charge in [-0.2, -0.15) is 0 Å². The number of hydrogen-bond donors (Lipinski definition) is 0. The van der Waals surface area contributed by atoms with Gasteiger partial charge in [-0.15, -0.1) is 0 Å². The molecule has 2 nitrogen and oxygen atoms in total. The Balaban J connectivity index is 1.74. The Hall–Kier alpha value is -3.04. The van der Waals surface area contributed by atoms with Crippen molar-refractivity contribution in [1.29, 1.82) is 0 Å². The molecule has 3 heteroatoms. The maximum atomic E-state index is 6.51. The van der Waals surface area contributed by atoms with Gasteiger partial charge in [-0.05, 0) is 74.3 Å². The lowest BCUT2D eigenvalue weighted by atomic mass is 9.86. The normalized spacial score (nSPS) is 12.4. The van der Waals surface area contributed by atoms with Gasteiger partial charge in [0, 0.05) is 22.1 Å². The standard InChI is InChI=1S/C32H32BrNO/c1-31(2,3)21-13-17-23(18-14-21)34(24-19-15-22(16-20-24)32(4,5)6)28-12-8-10-26-25-9-7-11-27(33)29(25)35-30(26)28/h7-20H,1-6H3. The van der Waals surface area contributed by atoms with Crippen LogP contribution in [-0.4, -0.2) is 0 Å². The van der Waals surface area contributed by atoms with Crippen molar-refractivity contribution in [2.24, 2.45) is 0 Å². The monoisotopic (exact) mass is 525 g/mol. The molecule has 0 unspecified atom stereocenters. The minimum Gasteiger partial charge on any atom is -0.453 e. The van der Waals surface area contributed by atoms with Crippen molar-refractivity contribution in [3.63, 3.8) is 0 Å². The largest absolute Gasteiger partial charge is 0.453 e. The second-order valence-electron chi connectivity index (χ2n) is 11.3. The molecule has 0 fully saturated rings. The number of halogens is 1. The summed E-state index contributed by atoms with van der Waals surface area (Å²) in [5.74, 6) is 0. The molecule has 0 aliphatic rings. The molecule has 5 rings (SSSR count). The number of anilines is 3. The first-order chi connectivity index (χ1) is 16.5. The average Bonchev–Trinajstić information content (AvgIpc) is 3.20. The average molecular weight is 527 g/mol. The van der Waals surface area contributed by atoms with E-state index in [1.54, 1.807) is 0 Å². The van der Waals surface area contributed by atoms with Crippen LogP contribution in [0.5, 0.6) is 0 Å². The Bertz CT molecular complexity index is 1440. The zero-order chi connectivity index (χ0) is 25.0. The third-order valence-corrected chi connectivity index (χ3v) is 7.30. The number of para-hydroxylation sites is 2. The van der Waals surface area contributed by atoms with E-state index in [2.05, 4.69) is 141 Å². The molecule has 0 saturated carbocycles. The molecule has 1 aromatic heterocycles. The summed E-state index contributed by atoms with van der Waals surface area (Å²) in [4.78, 5) is 2.30. The maximum Gasteiger partial charge on any atom is 0.159 e. The third kappa shape index (κ3) is 4.38. The van der Waals surface area contributed by atoms with Gasteiger partial charge in [-0.25, -0.2) is 0 Å². The third-order valence-electron chi connectivity index (χ3n) is 6.68. The van der Waals surface area contributed by atoms with E-state index in [0.29, 0.717) is 0 Å². The van der Waals surface area contributed by atoms with Crippen molar-refractivity contribution in [3.8, 4) is 0 Å². The Kier molecular flexibility index (Phi) is 5.80. The van der Waals surface area contributed by atoms with Crippen molar-refractivity contribution >= 4 is 54.9 Å².